The lowest BCUT2D eigenvalue weighted by molar-refractivity contribution is 0.0960. The van der Waals surface area contributed by atoms with Crippen LogP contribution in [0, 0.1) is 5.92 Å². The van der Waals surface area contributed by atoms with Gasteiger partial charge in [-0.2, -0.15) is 4.80 Å². The summed E-state index contributed by atoms with van der Waals surface area (Å²) in [6, 6.07) is 6.80. The summed E-state index contributed by atoms with van der Waals surface area (Å²) in [5, 5.41) is 12.4. The van der Waals surface area contributed by atoms with Crippen molar-refractivity contribution in [2.45, 2.75) is 26.9 Å². The molecule has 0 saturated heterocycles. The molecule has 0 amide bonds. The van der Waals surface area contributed by atoms with Crippen LogP contribution in [-0.2, 0) is 13.1 Å². The van der Waals surface area contributed by atoms with Gasteiger partial charge in [0.15, 0.2) is 5.78 Å². The fraction of sp³-hybridized carbons (Fsp3) is 0.294. The Morgan fingerprint density at radius 2 is 1.93 bits per heavy atom. The number of aromatic amines is 1. The first-order valence-electron chi connectivity index (χ1n) is 8.45. The zero-order valence-corrected chi connectivity index (χ0v) is 16.0. The number of aromatic nitrogens is 6. The number of anilines is 1. The molecule has 0 bridgehead atoms. The third-order valence-electron chi connectivity index (χ3n) is 3.91. The summed E-state index contributed by atoms with van der Waals surface area (Å²) in [6.07, 6.45) is 0. The molecule has 10 nitrogen and oxygen atoms in total. The van der Waals surface area contributed by atoms with E-state index >= 15 is 0 Å². The third-order valence-corrected chi connectivity index (χ3v) is 4.16. The van der Waals surface area contributed by atoms with Crippen LogP contribution >= 0.6 is 11.6 Å². The number of carbonyl (C=O) groups is 1. The number of nitrogens with one attached hydrogen (secondary N) is 1. The number of ketones is 1. The van der Waals surface area contributed by atoms with Crippen molar-refractivity contribution in [3.05, 3.63) is 55.7 Å². The maximum absolute atomic E-state index is 12.6. The van der Waals surface area contributed by atoms with E-state index in [4.69, 9.17) is 17.3 Å². The standard InChI is InChI=1S/C17H18ClN7O3/c1-9(2)7-24-14(19)13(16(27)20-17(24)28)12(26)8-25-22-15(21-23-25)10-3-5-11(18)6-4-10/h3-6,9H,7-8,19H2,1-2H3,(H,20,27,28). The van der Waals surface area contributed by atoms with Crippen LogP contribution in [0.25, 0.3) is 11.4 Å². The number of H-pyrrole nitrogens is 1. The average molecular weight is 404 g/mol. The van der Waals surface area contributed by atoms with Gasteiger partial charge in [-0.3, -0.25) is 19.1 Å². The van der Waals surface area contributed by atoms with E-state index in [0.717, 1.165) is 4.80 Å². The van der Waals surface area contributed by atoms with E-state index < -0.39 is 17.0 Å². The molecule has 0 unspecified atom stereocenters. The summed E-state index contributed by atoms with van der Waals surface area (Å²) in [5.41, 5.74) is 4.82. The Hall–Kier alpha value is -3.27. The zero-order valence-electron chi connectivity index (χ0n) is 15.2. The van der Waals surface area contributed by atoms with Gasteiger partial charge in [0.1, 0.15) is 17.9 Å². The molecule has 0 atom stereocenters. The SMILES string of the molecule is CC(C)Cn1c(N)c(C(=O)Cn2nnc(-c3ccc(Cl)cc3)n2)c(=O)[nH]c1=O. The van der Waals surface area contributed by atoms with Crippen molar-refractivity contribution in [2.75, 3.05) is 5.73 Å². The first-order chi connectivity index (χ1) is 13.3. The smallest absolute Gasteiger partial charge is 0.329 e. The second-order valence-corrected chi connectivity index (χ2v) is 7.03. The highest BCUT2D eigenvalue weighted by Crippen LogP contribution is 2.17. The van der Waals surface area contributed by atoms with Crippen LogP contribution < -0.4 is 17.0 Å². The maximum atomic E-state index is 12.6. The molecule has 3 rings (SSSR count). The van der Waals surface area contributed by atoms with E-state index in [-0.39, 0.29) is 30.4 Å². The molecule has 11 heteroatoms. The molecule has 3 aromatic rings. The molecule has 28 heavy (non-hydrogen) atoms. The van der Waals surface area contributed by atoms with E-state index in [9.17, 15) is 14.4 Å². The van der Waals surface area contributed by atoms with Crippen LogP contribution in [-0.4, -0.2) is 35.5 Å². The molecule has 2 heterocycles. The number of halogens is 1. The Morgan fingerprint density at radius 3 is 2.57 bits per heavy atom. The van der Waals surface area contributed by atoms with E-state index in [0.29, 0.717) is 16.4 Å². The number of carbonyl (C=O) groups excluding carboxylic acids is 1. The lowest BCUT2D eigenvalue weighted by atomic mass is 10.1. The number of nitrogens with two attached hydrogens (primary N) is 1. The van der Waals surface area contributed by atoms with E-state index in [1.807, 2.05) is 13.8 Å². The van der Waals surface area contributed by atoms with Crippen LogP contribution in [0.15, 0.2) is 33.9 Å². The molecule has 1 aromatic carbocycles. The molecule has 0 saturated carbocycles. The first-order valence-corrected chi connectivity index (χ1v) is 8.83. The van der Waals surface area contributed by atoms with Gasteiger partial charge in [-0.1, -0.05) is 25.4 Å². The Morgan fingerprint density at radius 1 is 1.25 bits per heavy atom. The summed E-state index contributed by atoms with van der Waals surface area (Å²) in [5.74, 6) is -0.411. The summed E-state index contributed by atoms with van der Waals surface area (Å²) >= 11 is 5.85. The summed E-state index contributed by atoms with van der Waals surface area (Å²) in [7, 11) is 0. The van der Waals surface area contributed by atoms with Gasteiger partial charge >= 0.3 is 5.69 Å². The number of hydrogen-bond acceptors (Lipinski definition) is 7. The van der Waals surface area contributed by atoms with Gasteiger partial charge in [0, 0.05) is 17.1 Å². The van der Waals surface area contributed by atoms with Crippen molar-refractivity contribution in [3.63, 3.8) is 0 Å². The Labute approximate surface area is 163 Å². The normalized spacial score (nSPS) is 11.1. The lowest BCUT2D eigenvalue weighted by Crippen LogP contribution is -2.37. The molecule has 0 aliphatic rings. The van der Waals surface area contributed by atoms with Gasteiger partial charge in [-0.05, 0) is 35.4 Å². The highest BCUT2D eigenvalue weighted by molar-refractivity contribution is 6.30. The van der Waals surface area contributed by atoms with Crippen molar-refractivity contribution < 1.29 is 4.79 Å². The zero-order chi connectivity index (χ0) is 20.4. The van der Waals surface area contributed by atoms with Gasteiger partial charge in [-0.25, -0.2) is 4.79 Å². The molecular formula is C17H18ClN7O3. The summed E-state index contributed by atoms with van der Waals surface area (Å²) in [4.78, 5) is 39.9. The summed E-state index contributed by atoms with van der Waals surface area (Å²) < 4.78 is 1.17. The van der Waals surface area contributed by atoms with Crippen molar-refractivity contribution in [1.82, 2.24) is 29.8 Å². The number of tetrazole rings is 1. The van der Waals surface area contributed by atoms with Gasteiger partial charge in [0.05, 0.1) is 0 Å². The maximum Gasteiger partial charge on any atom is 0.329 e. The fourth-order valence-corrected chi connectivity index (χ4v) is 2.76. The van der Waals surface area contributed by atoms with Gasteiger partial charge in [-0.15, -0.1) is 10.2 Å². The number of nitrogens with zero attached hydrogens (tertiary/aromatic N) is 5. The first kappa shape index (κ1) is 19.5. The number of nitrogen functional groups attached to an aromatic ring is 1. The van der Waals surface area contributed by atoms with E-state index in [1.54, 1.807) is 24.3 Å². The fourth-order valence-electron chi connectivity index (χ4n) is 2.64. The van der Waals surface area contributed by atoms with Crippen molar-refractivity contribution >= 4 is 23.2 Å². The molecule has 0 aliphatic heterocycles. The van der Waals surface area contributed by atoms with Crippen LogP contribution in [0.4, 0.5) is 5.82 Å². The topological polar surface area (TPSA) is 142 Å². The molecule has 0 radical (unpaired) electrons. The number of hydrogen-bond donors (Lipinski definition) is 2. The molecule has 0 fully saturated rings. The molecule has 2 aromatic heterocycles. The average Bonchev–Trinajstić information content (AvgIpc) is 3.07. The van der Waals surface area contributed by atoms with Crippen LogP contribution in [0.3, 0.4) is 0 Å². The highest BCUT2D eigenvalue weighted by Gasteiger charge is 2.21. The van der Waals surface area contributed by atoms with Crippen LogP contribution in [0.2, 0.25) is 5.02 Å². The minimum Gasteiger partial charge on any atom is -0.384 e. The molecule has 0 aliphatic carbocycles. The number of Topliss-reactive ketones (excluding diaryl/α,β-unsaturated/α-hetero) is 1. The summed E-state index contributed by atoms with van der Waals surface area (Å²) in [6.45, 7) is 3.68. The number of rotatable bonds is 6. The second kappa shape index (κ2) is 7.77. The Kier molecular flexibility index (Phi) is 5.41. The van der Waals surface area contributed by atoms with Gasteiger partial charge in [0.2, 0.25) is 5.82 Å². The van der Waals surface area contributed by atoms with Crippen LogP contribution in [0.5, 0.6) is 0 Å². The second-order valence-electron chi connectivity index (χ2n) is 6.60. The number of benzene rings is 1. The largest absolute Gasteiger partial charge is 0.384 e. The van der Waals surface area contributed by atoms with Gasteiger partial charge < -0.3 is 5.73 Å². The minimum atomic E-state index is -0.842. The molecular weight excluding hydrogens is 386 g/mol. The van der Waals surface area contributed by atoms with Gasteiger partial charge in [0.25, 0.3) is 5.56 Å². The van der Waals surface area contributed by atoms with Crippen molar-refractivity contribution in [1.29, 1.82) is 0 Å². The Balaban J connectivity index is 1.89. The monoisotopic (exact) mass is 403 g/mol. The third kappa shape index (κ3) is 4.01. The van der Waals surface area contributed by atoms with Crippen molar-refractivity contribution in [2.24, 2.45) is 5.92 Å². The molecule has 146 valence electrons. The molecule has 3 N–H and O–H groups in total. The Bertz CT molecular complexity index is 1130. The van der Waals surface area contributed by atoms with Crippen LogP contribution in [0.1, 0.15) is 24.2 Å². The quantitative estimate of drug-likeness (QED) is 0.584. The van der Waals surface area contributed by atoms with E-state index in [1.165, 1.54) is 4.57 Å². The lowest BCUT2D eigenvalue weighted by Gasteiger charge is -2.13. The highest BCUT2D eigenvalue weighted by atomic mass is 35.5. The van der Waals surface area contributed by atoms with Crippen molar-refractivity contribution in [3.8, 4) is 11.4 Å². The molecule has 0 spiro atoms. The van der Waals surface area contributed by atoms with E-state index in [2.05, 4.69) is 20.4 Å². The minimum absolute atomic E-state index is 0.0905. The predicted octanol–water partition coefficient (Wildman–Crippen LogP) is 0.965. The predicted molar refractivity (Wildman–Crippen MR) is 103 cm³/mol.